The lowest BCUT2D eigenvalue weighted by molar-refractivity contribution is -0.146. The Kier molecular flexibility index (Phi) is 58.9. The number of hydrogen-bond donors (Lipinski definition) is 1. The second kappa shape index (κ2) is 67.8. The third-order valence-corrected chi connectivity index (χ3v) is 17.8. The van der Waals surface area contributed by atoms with E-state index < -0.39 is 17.9 Å². The molecular weight excluding hydrogens is 1440 g/mol. The summed E-state index contributed by atoms with van der Waals surface area (Å²) in [4.78, 5) is 133. The zero-order chi connectivity index (χ0) is 80.8. The molecule has 25 heteroatoms. The van der Waals surface area contributed by atoms with Gasteiger partial charge < -0.3 is 66.7 Å². The topological polar surface area (TPSA) is 328 Å². The van der Waals surface area contributed by atoms with Gasteiger partial charge in [-0.25, -0.2) is 14.4 Å². The van der Waals surface area contributed by atoms with Gasteiger partial charge in [0.1, 0.15) is 23.0 Å². The molecule has 3 rings (SSSR count). The Morgan fingerprint density at radius 1 is 0.232 bits per heavy atom. The maximum atomic E-state index is 12.9. The average Bonchev–Trinajstić information content (AvgIpc) is 0.853. The van der Waals surface area contributed by atoms with Crippen LogP contribution in [0.5, 0.6) is 23.0 Å². The zero-order valence-corrected chi connectivity index (χ0v) is 66.6. The van der Waals surface area contributed by atoms with Crippen molar-refractivity contribution in [3.8, 4) is 23.0 Å². The highest BCUT2D eigenvalue weighted by Crippen LogP contribution is 2.23. The first kappa shape index (κ1) is 97.3. The van der Waals surface area contributed by atoms with E-state index in [1.165, 1.54) is 6.08 Å². The number of aliphatic hydroxyl groups is 1. The summed E-state index contributed by atoms with van der Waals surface area (Å²) in [6.07, 6.45) is 31.5. The summed E-state index contributed by atoms with van der Waals surface area (Å²) in [6, 6.07) is 19.7. The van der Waals surface area contributed by atoms with Gasteiger partial charge in [0, 0.05) is 64.0 Å². The number of hydrogen-bond acceptors (Lipinski definition) is 25. The van der Waals surface area contributed by atoms with Gasteiger partial charge in [0.2, 0.25) is 0 Å². The summed E-state index contributed by atoms with van der Waals surface area (Å²) in [5, 5.41) is 8.78. The second-order valence-electron chi connectivity index (χ2n) is 27.6. The van der Waals surface area contributed by atoms with Crippen LogP contribution in [0.1, 0.15) is 303 Å². The maximum absolute atomic E-state index is 12.9. The molecule has 3 aromatic rings. The highest BCUT2D eigenvalue weighted by atomic mass is 16.6. The molecule has 0 fully saturated rings. The molecule has 1 N–H and O–H groups in total. The zero-order valence-electron chi connectivity index (χ0n) is 66.6. The lowest BCUT2D eigenvalue weighted by Crippen LogP contribution is -2.09. The molecule has 0 atom stereocenters. The molecule has 112 heavy (non-hydrogen) atoms. The summed E-state index contributed by atoms with van der Waals surface area (Å²) >= 11 is 0. The van der Waals surface area contributed by atoms with Crippen LogP contribution in [0, 0.1) is 0 Å². The number of rotatable bonds is 72. The van der Waals surface area contributed by atoms with E-state index in [1.54, 1.807) is 72.8 Å². The first-order valence-electron chi connectivity index (χ1n) is 41.3. The molecule has 0 aliphatic rings. The Labute approximate surface area is 663 Å². The van der Waals surface area contributed by atoms with Crippen LogP contribution in [-0.4, -0.2) is 150 Å². The van der Waals surface area contributed by atoms with Gasteiger partial charge in [-0.15, -0.1) is 0 Å². The van der Waals surface area contributed by atoms with Crippen molar-refractivity contribution < 1.29 is 119 Å². The summed E-state index contributed by atoms with van der Waals surface area (Å²) in [6.45, 7) is 7.50. The highest BCUT2D eigenvalue weighted by molar-refractivity contribution is 5.92. The molecule has 3 aromatic carbocycles. The van der Waals surface area contributed by atoms with E-state index in [0.29, 0.717) is 228 Å². The van der Waals surface area contributed by atoms with Crippen LogP contribution in [0.4, 0.5) is 0 Å². The minimum atomic E-state index is -0.541. The van der Waals surface area contributed by atoms with Crippen LogP contribution < -0.4 is 18.9 Å². The van der Waals surface area contributed by atoms with Gasteiger partial charge in [-0.1, -0.05) is 64.4 Å². The fourth-order valence-electron chi connectivity index (χ4n) is 11.2. The van der Waals surface area contributed by atoms with Crippen molar-refractivity contribution in [1.29, 1.82) is 0 Å². The monoisotopic (exact) mass is 1570 g/mol. The number of carbonyl (C=O) groups is 11. The van der Waals surface area contributed by atoms with Gasteiger partial charge >= 0.3 is 65.7 Å². The number of ether oxygens (including phenoxy) is 13. The van der Waals surface area contributed by atoms with Gasteiger partial charge in [0.25, 0.3) is 0 Å². The van der Waals surface area contributed by atoms with E-state index >= 15 is 0 Å². The molecule has 0 aliphatic heterocycles. The van der Waals surface area contributed by atoms with Crippen LogP contribution in [0.15, 0.2) is 85.5 Å². The van der Waals surface area contributed by atoms with Gasteiger partial charge in [0.15, 0.2) is 0 Å². The number of unbranched alkanes of at least 4 members (excludes halogenated alkanes) is 26. The van der Waals surface area contributed by atoms with Gasteiger partial charge in [-0.05, 0) is 246 Å². The lowest BCUT2D eigenvalue weighted by Gasteiger charge is -2.09. The Bertz CT molecular complexity index is 3060. The third-order valence-electron chi connectivity index (χ3n) is 17.8. The molecule has 0 heterocycles. The van der Waals surface area contributed by atoms with Crippen LogP contribution in [0.2, 0.25) is 0 Å². The maximum Gasteiger partial charge on any atom is 0.343 e. The molecule has 0 amide bonds. The normalized spacial score (nSPS) is 10.8. The molecule has 25 nitrogen and oxygen atoms in total. The molecule has 0 spiro atoms. The van der Waals surface area contributed by atoms with E-state index in [9.17, 15) is 52.7 Å². The van der Waals surface area contributed by atoms with E-state index in [1.807, 2.05) is 0 Å². The van der Waals surface area contributed by atoms with Crippen molar-refractivity contribution in [3.05, 3.63) is 96.6 Å². The van der Waals surface area contributed by atoms with Gasteiger partial charge in [0.05, 0.1) is 83.8 Å². The van der Waals surface area contributed by atoms with E-state index in [2.05, 4.69) is 6.58 Å². The minimum absolute atomic E-state index is 0.129. The molecular formula is C87H128O25. The highest BCUT2D eigenvalue weighted by Gasteiger charge is 2.15. The molecule has 0 radical (unpaired) electrons. The van der Waals surface area contributed by atoms with E-state index in [-0.39, 0.29) is 99.9 Å². The first-order valence-corrected chi connectivity index (χ1v) is 41.3. The predicted octanol–water partition coefficient (Wildman–Crippen LogP) is 17.1. The summed E-state index contributed by atoms with van der Waals surface area (Å²) in [7, 11) is 0. The molecule has 0 unspecified atom stereocenters. The van der Waals surface area contributed by atoms with Crippen LogP contribution in [-0.2, 0) is 85.8 Å². The lowest BCUT2D eigenvalue weighted by atomic mass is 10.1. The molecule has 626 valence electrons. The van der Waals surface area contributed by atoms with Crippen molar-refractivity contribution >= 4 is 65.7 Å². The fourth-order valence-corrected chi connectivity index (χ4v) is 11.2. The largest absolute Gasteiger partial charge is 0.494 e. The van der Waals surface area contributed by atoms with Crippen molar-refractivity contribution in [3.63, 3.8) is 0 Å². The molecule has 0 aromatic heterocycles. The Morgan fingerprint density at radius 3 is 0.643 bits per heavy atom. The Hall–Kier alpha value is -8.87. The summed E-state index contributed by atoms with van der Waals surface area (Å²) < 4.78 is 70.2. The SMILES string of the molecule is C=CC(=O)OCCCCCCCCOc1ccc(C(=O)Oc2ccc(OC(=O)c3ccc(OCCCCCCCCOC(=O)CCCCCOC(=O)CCCCCOC(=O)CCCCCOC(=O)CCCCCOC(=O)CCCCCOC(=O)CCCCCOC(=O)CCCCCOC(=O)CCCCCO)cc3)cc2)cc1. The van der Waals surface area contributed by atoms with Crippen molar-refractivity contribution in [2.75, 3.05) is 79.3 Å². The van der Waals surface area contributed by atoms with Crippen molar-refractivity contribution in [2.45, 2.75) is 283 Å². The van der Waals surface area contributed by atoms with Crippen molar-refractivity contribution in [2.24, 2.45) is 0 Å². The van der Waals surface area contributed by atoms with Gasteiger partial charge in [-0.2, -0.15) is 0 Å². The standard InChI is InChI=1S/C87H128O25/c1-2-77(89)102-62-30-9-5-3-7-28-60-100-73-51-47-71(48-52-73)86(98)111-75-55-57-76(58-56-75)112-87(99)72-49-53-74(54-50-72)101-61-29-8-4-6-10-31-63-103-79(91)40-20-12-33-65-105-81(93)42-22-14-35-67-107-83(95)44-24-16-37-69-109-85(97)46-26-18-38-70-110-84(96)45-25-17-36-68-108-82(94)43-23-15-34-66-106-80(92)41-21-13-32-64-104-78(90)39-19-11-27-59-88/h2,47-58,88H,1,3-46,59-70H2. The van der Waals surface area contributed by atoms with Crippen LogP contribution >= 0.6 is 0 Å². The number of aliphatic hydroxyl groups excluding tert-OH is 1. The number of esters is 11. The predicted molar refractivity (Wildman–Crippen MR) is 419 cm³/mol. The number of carbonyl (C=O) groups excluding carboxylic acids is 11. The average molecular weight is 1570 g/mol. The Morgan fingerprint density at radius 2 is 0.420 bits per heavy atom. The smallest absolute Gasteiger partial charge is 0.343 e. The fraction of sp³-hybridized carbons (Fsp3) is 0.644. The molecule has 0 bridgehead atoms. The van der Waals surface area contributed by atoms with Crippen LogP contribution in [0.3, 0.4) is 0 Å². The second-order valence-corrected chi connectivity index (χ2v) is 27.6. The van der Waals surface area contributed by atoms with E-state index in [4.69, 9.17) is 66.7 Å². The minimum Gasteiger partial charge on any atom is -0.494 e. The Balaban J connectivity index is 0.996. The van der Waals surface area contributed by atoms with E-state index in [0.717, 1.165) is 116 Å². The molecule has 0 saturated carbocycles. The first-order chi connectivity index (χ1) is 54.6. The molecule has 0 aliphatic carbocycles. The third kappa shape index (κ3) is 56.4. The van der Waals surface area contributed by atoms with Crippen LogP contribution in [0.25, 0.3) is 0 Å². The van der Waals surface area contributed by atoms with Crippen molar-refractivity contribution in [1.82, 2.24) is 0 Å². The number of benzene rings is 3. The summed E-state index contributed by atoms with van der Waals surface area (Å²) in [5.74, 6) is -1.67. The summed E-state index contributed by atoms with van der Waals surface area (Å²) in [5.41, 5.74) is 0.717. The quantitative estimate of drug-likeness (QED) is 0.0180. The molecule has 0 saturated heterocycles. The van der Waals surface area contributed by atoms with Gasteiger partial charge in [-0.3, -0.25) is 38.4 Å².